The van der Waals surface area contributed by atoms with Gasteiger partial charge in [-0.2, -0.15) is 0 Å². The molecular weight excluding hydrogens is 420 g/mol. The number of piperidine rings is 1. The number of Topliss-reactive ketones (excluding diaryl/α,β-unsaturated/α-hetero) is 1. The van der Waals surface area contributed by atoms with Gasteiger partial charge < -0.3 is 9.80 Å². The predicted molar refractivity (Wildman–Crippen MR) is 127 cm³/mol. The maximum Gasteiger partial charge on any atom is 0.163 e. The van der Waals surface area contributed by atoms with Crippen LogP contribution in [0.2, 0.25) is 0 Å². The standard InChI is InChI=1S/C27H35F2N3O/c28-25-10-8-23(9-11-25)27(33)19-22-5-3-12-31(20-22)14-4-13-30-15-17-32(18-16-30)21-24-6-1-2-7-26(24)29/h1-2,6-11,22H,3-5,12-21H2. The number of likely N-dealkylation sites (tertiary alicyclic amines) is 1. The van der Waals surface area contributed by atoms with Crippen molar-refractivity contribution in [3.63, 3.8) is 0 Å². The molecule has 4 nitrogen and oxygen atoms in total. The number of ketones is 1. The van der Waals surface area contributed by atoms with Gasteiger partial charge in [0.2, 0.25) is 0 Å². The molecule has 0 saturated carbocycles. The van der Waals surface area contributed by atoms with E-state index in [-0.39, 0.29) is 17.4 Å². The molecule has 0 aromatic heterocycles. The average Bonchev–Trinajstić information content (AvgIpc) is 2.82. The quantitative estimate of drug-likeness (QED) is 0.522. The number of nitrogens with zero attached hydrogens (tertiary/aromatic N) is 3. The van der Waals surface area contributed by atoms with Gasteiger partial charge in [0.05, 0.1) is 0 Å². The van der Waals surface area contributed by atoms with E-state index in [0.717, 1.165) is 77.2 Å². The third kappa shape index (κ3) is 7.16. The summed E-state index contributed by atoms with van der Waals surface area (Å²) in [5, 5.41) is 0. The van der Waals surface area contributed by atoms with Gasteiger partial charge in [0, 0.05) is 56.8 Å². The smallest absolute Gasteiger partial charge is 0.163 e. The zero-order chi connectivity index (χ0) is 23.0. The van der Waals surface area contributed by atoms with E-state index >= 15 is 0 Å². The number of carbonyl (C=O) groups is 1. The number of piperazine rings is 1. The fourth-order valence-electron chi connectivity index (χ4n) is 5.09. The number of carbonyl (C=O) groups excluding carboxylic acids is 1. The lowest BCUT2D eigenvalue weighted by molar-refractivity contribution is 0.0905. The second-order valence-electron chi connectivity index (χ2n) is 9.51. The second-order valence-corrected chi connectivity index (χ2v) is 9.51. The van der Waals surface area contributed by atoms with E-state index < -0.39 is 0 Å². The van der Waals surface area contributed by atoms with Crippen molar-refractivity contribution >= 4 is 5.78 Å². The Bertz CT molecular complexity index is 896. The Balaban J connectivity index is 1.13. The highest BCUT2D eigenvalue weighted by Crippen LogP contribution is 2.22. The highest BCUT2D eigenvalue weighted by atomic mass is 19.1. The van der Waals surface area contributed by atoms with Crippen LogP contribution in [0.5, 0.6) is 0 Å². The molecule has 2 aliphatic rings. The summed E-state index contributed by atoms with van der Waals surface area (Å²) in [6.45, 7) is 8.94. The molecule has 0 amide bonds. The molecule has 6 heteroatoms. The molecule has 0 N–H and O–H groups in total. The fourth-order valence-corrected chi connectivity index (χ4v) is 5.09. The van der Waals surface area contributed by atoms with Gasteiger partial charge in [-0.25, -0.2) is 8.78 Å². The van der Waals surface area contributed by atoms with Crippen LogP contribution in [0, 0.1) is 17.6 Å². The lowest BCUT2D eigenvalue weighted by Gasteiger charge is -2.36. The summed E-state index contributed by atoms with van der Waals surface area (Å²) in [6.07, 6.45) is 3.90. The van der Waals surface area contributed by atoms with Crippen LogP contribution >= 0.6 is 0 Å². The Hall–Kier alpha value is -2.15. The average molecular weight is 456 g/mol. The molecule has 2 heterocycles. The minimum absolute atomic E-state index is 0.112. The second kappa shape index (κ2) is 11.8. The van der Waals surface area contributed by atoms with Gasteiger partial charge in [-0.1, -0.05) is 18.2 Å². The minimum Gasteiger partial charge on any atom is -0.303 e. The van der Waals surface area contributed by atoms with Crippen LogP contribution in [-0.2, 0) is 6.54 Å². The molecular formula is C27H35F2N3O. The molecule has 2 aromatic carbocycles. The minimum atomic E-state index is -0.304. The van der Waals surface area contributed by atoms with Crippen molar-refractivity contribution in [3.8, 4) is 0 Å². The summed E-state index contributed by atoms with van der Waals surface area (Å²) in [4.78, 5) is 19.9. The van der Waals surface area contributed by atoms with Crippen LogP contribution in [0.3, 0.4) is 0 Å². The summed E-state index contributed by atoms with van der Waals surface area (Å²) in [5.74, 6) is 0.0920. The Morgan fingerprint density at radius 3 is 2.30 bits per heavy atom. The molecule has 0 radical (unpaired) electrons. The van der Waals surface area contributed by atoms with Crippen LogP contribution in [0.1, 0.15) is 41.6 Å². The van der Waals surface area contributed by atoms with E-state index in [4.69, 9.17) is 0 Å². The number of rotatable bonds is 9. The molecule has 2 saturated heterocycles. The lowest BCUT2D eigenvalue weighted by atomic mass is 9.91. The first-order valence-corrected chi connectivity index (χ1v) is 12.3. The number of hydrogen-bond acceptors (Lipinski definition) is 4. The predicted octanol–water partition coefficient (Wildman–Crippen LogP) is 4.46. The normalized spacial score (nSPS) is 20.7. The molecule has 2 aromatic rings. The summed E-state index contributed by atoms with van der Waals surface area (Å²) in [7, 11) is 0. The Morgan fingerprint density at radius 2 is 1.55 bits per heavy atom. The summed E-state index contributed by atoms with van der Waals surface area (Å²) in [5.41, 5.74) is 1.39. The molecule has 0 spiro atoms. The molecule has 2 fully saturated rings. The fraction of sp³-hybridized carbons (Fsp3) is 0.519. The Labute approximate surface area is 196 Å². The lowest BCUT2D eigenvalue weighted by Crippen LogP contribution is -2.46. The van der Waals surface area contributed by atoms with Gasteiger partial charge in [0.25, 0.3) is 0 Å². The number of hydrogen-bond donors (Lipinski definition) is 0. The van der Waals surface area contributed by atoms with Gasteiger partial charge in [-0.05, 0) is 75.1 Å². The first-order valence-electron chi connectivity index (χ1n) is 12.3. The summed E-state index contributed by atoms with van der Waals surface area (Å²) < 4.78 is 27.0. The van der Waals surface area contributed by atoms with Crippen molar-refractivity contribution in [1.82, 2.24) is 14.7 Å². The molecule has 0 aliphatic carbocycles. The van der Waals surface area contributed by atoms with Crippen molar-refractivity contribution in [2.24, 2.45) is 5.92 Å². The highest BCUT2D eigenvalue weighted by molar-refractivity contribution is 5.96. The van der Waals surface area contributed by atoms with E-state index in [1.54, 1.807) is 18.2 Å². The van der Waals surface area contributed by atoms with Crippen molar-refractivity contribution in [1.29, 1.82) is 0 Å². The topological polar surface area (TPSA) is 26.8 Å². The van der Waals surface area contributed by atoms with Gasteiger partial charge >= 0.3 is 0 Å². The molecule has 1 unspecified atom stereocenters. The first kappa shape index (κ1) is 24.0. The molecule has 1 atom stereocenters. The third-order valence-corrected chi connectivity index (χ3v) is 7.01. The van der Waals surface area contributed by atoms with E-state index in [1.165, 1.54) is 18.2 Å². The molecule has 4 rings (SSSR count). The van der Waals surface area contributed by atoms with Crippen molar-refractivity contribution in [3.05, 3.63) is 71.3 Å². The molecule has 0 bridgehead atoms. The van der Waals surface area contributed by atoms with Crippen LogP contribution < -0.4 is 0 Å². The highest BCUT2D eigenvalue weighted by Gasteiger charge is 2.23. The van der Waals surface area contributed by atoms with Crippen LogP contribution in [0.15, 0.2) is 48.5 Å². The molecule has 2 aliphatic heterocycles. The third-order valence-electron chi connectivity index (χ3n) is 7.01. The maximum absolute atomic E-state index is 13.9. The Morgan fingerprint density at radius 1 is 0.848 bits per heavy atom. The largest absolute Gasteiger partial charge is 0.303 e. The van der Waals surface area contributed by atoms with Crippen molar-refractivity contribution in [2.75, 3.05) is 52.4 Å². The van der Waals surface area contributed by atoms with E-state index in [2.05, 4.69) is 14.7 Å². The zero-order valence-electron chi connectivity index (χ0n) is 19.4. The number of halogens is 2. The van der Waals surface area contributed by atoms with Gasteiger partial charge in [0.15, 0.2) is 5.78 Å². The summed E-state index contributed by atoms with van der Waals surface area (Å²) >= 11 is 0. The van der Waals surface area contributed by atoms with Crippen LogP contribution in [-0.4, -0.2) is 72.8 Å². The zero-order valence-corrected chi connectivity index (χ0v) is 19.4. The van der Waals surface area contributed by atoms with Crippen LogP contribution in [0.25, 0.3) is 0 Å². The number of benzene rings is 2. The monoisotopic (exact) mass is 455 g/mol. The van der Waals surface area contributed by atoms with Gasteiger partial charge in [0.1, 0.15) is 11.6 Å². The van der Waals surface area contributed by atoms with Crippen molar-refractivity contribution < 1.29 is 13.6 Å². The van der Waals surface area contributed by atoms with Crippen molar-refractivity contribution in [2.45, 2.75) is 32.2 Å². The van der Waals surface area contributed by atoms with E-state index in [1.807, 2.05) is 12.1 Å². The first-order chi connectivity index (χ1) is 16.1. The Kier molecular flexibility index (Phi) is 8.59. The summed E-state index contributed by atoms with van der Waals surface area (Å²) in [6, 6.07) is 13.0. The molecule has 33 heavy (non-hydrogen) atoms. The van der Waals surface area contributed by atoms with E-state index in [9.17, 15) is 13.6 Å². The van der Waals surface area contributed by atoms with Crippen LogP contribution in [0.4, 0.5) is 8.78 Å². The van der Waals surface area contributed by atoms with Gasteiger partial charge in [-0.3, -0.25) is 9.69 Å². The molecule has 178 valence electrons. The SMILES string of the molecule is O=C(CC1CCCN(CCCN2CCN(Cc3ccccc3F)CC2)C1)c1ccc(F)cc1. The van der Waals surface area contributed by atoms with E-state index in [0.29, 0.717) is 24.4 Å². The van der Waals surface area contributed by atoms with Gasteiger partial charge in [-0.15, -0.1) is 0 Å². The maximum atomic E-state index is 13.9.